The number of rotatable bonds is 5. The highest BCUT2D eigenvalue weighted by Gasteiger charge is 2.14. The molecule has 0 unspecified atom stereocenters. The van der Waals surface area contributed by atoms with Gasteiger partial charge >= 0.3 is 5.97 Å². The molecule has 0 aromatic heterocycles. The minimum Gasteiger partial charge on any atom is -0.480 e. The number of carboxylic acid groups (broad SMARTS) is 1. The average Bonchev–Trinajstić information content (AvgIpc) is 2.30. The van der Waals surface area contributed by atoms with Crippen LogP contribution < -0.4 is 5.32 Å². The highest BCUT2D eigenvalue weighted by Crippen LogP contribution is 2.10. The third-order valence-electron chi connectivity index (χ3n) is 2.25. The minimum absolute atomic E-state index is 0.365. The first-order chi connectivity index (χ1) is 8.04. The lowest BCUT2D eigenvalue weighted by molar-refractivity contribution is -0.138. The van der Waals surface area contributed by atoms with Gasteiger partial charge < -0.3 is 10.4 Å². The summed E-state index contributed by atoms with van der Waals surface area (Å²) in [4.78, 5) is 22.2. The van der Waals surface area contributed by atoms with Crippen molar-refractivity contribution in [3.8, 4) is 0 Å². The van der Waals surface area contributed by atoms with Crippen molar-refractivity contribution >= 4 is 23.6 Å². The molecular weight excluding hydrogens is 238 g/mol. The number of aliphatic carboxylic acids is 1. The largest absolute Gasteiger partial charge is 0.480 e. The second kappa shape index (κ2) is 6.30. The Morgan fingerprint density at radius 2 is 1.94 bits per heavy atom. The van der Waals surface area contributed by atoms with Crippen LogP contribution in [0.2, 0.25) is 0 Å². The molecule has 0 heterocycles. The third-order valence-corrected chi connectivity index (χ3v) is 2.87. The smallest absolute Gasteiger partial charge is 0.325 e. The number of carbonyl (C=O) groups is 2. The number of hydrogen-bond acceptors (Lipinski definition) is 3. The molecule has 0 bridgehead atoms. The Morgan fingerprint density at radius 1 is 1.35 bits per heavy atom. The first-order valence-corrected chi connectivity index (χ1v) is 6.55. The van der Waals surface area contributed by atoms with Gasteiger partial charge in [-0.1, -0.05) is 12.1 Å². The van der Waals surface area contributed by atoms with E-state index in [0.717, 1.165) is 11.3 Å². The van der Waals surface area contributed by atoms with Gasteiger partial charge in [-0.05, 0) is 30.9 Å². The van der Waals surface area contributed by atoms with Gasteiger partial charge in [0.25, 0.3) is 5.91 Å². The van der Waals surface area contributed by atoms with E-state index in [0.29, 0.717) is 5.56 Å². The monoisotopic (exact) mass is 253 g/mol. The number of amides is 1. The van der Waals surface area contributed by atoms with Crippen molar-refractivity contribution in [3.63, 3.8) is 0 Å². The normalized spacial score (nSPS) is 11.9. The summed E-state index contributed by atoms with van der Waals surface area (Å²) in [5, 5.41) is 11.1. The molecule has 1 aromatic rings. The van der Waals surface area contributed by atoms with Gasteiger partial charge in [0.2, 0.25) is 0 Å². The molecule has 2 N–H and O–H groups in total. The highest BCUT2D eigenvalue weighted by molar-refractivity contribution is 7.97. The van der Waals surface area contributed by atoms with Crippen LogP contribution in [0.3, 0.4) is 0 Å². The predicted molar refractivity (Wildman–Crippen MR) is 68.2 cm³/mol. The molecule has 0 radical (unpaired) electrons. The van der Waals surface area contributed by atoms with E-state index in [1.165, 1.54) is 6.92 Å². The van der Waals surface area contributed by atoms with Crippen molar-refractivity contribution in [3.05, 3.63) is 35.4 Å². The number of benzene rings is 1. The lowest BCUT2D eigenvalue weighted by atomic mass is 10.1. The Labute approximate surface area is 104 Å². The van der Waals surface area contributed by atoms with E-state index in [2.05, 4.69) is 5.32 Å². The van der Waals surface area contributed by atoms with E-state index in [9.17, 15) is 9.59 Å². The fourth-order valence-electron chi connectivity index (χ4n) is 1.26. The van der Waals surface area contributed by atoms with Gasteiger partial charge in [0.15, 0.2) is 0 Å². The van der Waals surface area contributed by atoms with Crippen LogP contribution in [-0.4, -0.2) is 29.3 Å². The Kier molecular flexibility index (Phi) is 5.03. The zero-order valence-corrected chi connectivity index (χ0v) is 10.6. The number of carboxylic acids is 1. The molecule has 1 atom stereocenters. The van der Waals surface area contributed by atoms with Crippen LogP contribution in [-0.2, 0) is 10.5 Å². The number of thioether (sulfide) groups is 1. The van der Waals surface area contributed by atoms with Crippen LogP contribution in [0.4, 0.5) is 0 Å². The summed E-state index contributed by atoms with van der Waals surface area (Å²) in [5.41, 5.74) is 1.61. The third kappa shape index (κ3) is 4.11. The van der Waals surface area contributed by atoms with Gasteiger partial charge in [-0.25, -0.2) is 0 Å². The van der Waals surface area contributed by atoms with Gasteiger partial charge in [0, 0.05) is 11.3 Å². The van der Waals surface area contributed by atoms with Crippen molar-refractivity contribution < 1.29 is 14.7 Å². The molecule has 0 spiro atoms. The molecule has 0 aliphatic carbocycles. The van der Waals surface area contributed by atoms with E-state index < -0.39 is 12.0 Å². The molecule has 1 aromatic carbocycles. The van der Waals surface area contributed by atoms with Crippen molar-refractivity contribution in [2.24, 2.45) is 0 Å². The topological polar surface area (TPSA) is 66.4 Å². The number of hydrogen-bond donors (Lipinski definition) is 2. The fourth-order valence-corrected chi connectivity index (χ4v) is 1.79. The maximum absolute atomic E-state index is 11.6. The van der Waals surface area contributed by atoms with E-state index in [-0.39, 0.29) is 5.91 Å². The van der Waals surface area contributed by atoms with Crippen LogP contribution in [0.15, 0.2) is 24.3 Å². The van der Waals surface area contributed by atoms with Gasteiger partial charge in [-0.2, -0.15) is 11.8 Å². The molecule has 0 aliphatic rings. The average molecular weight is 253 g/mol. The lowest BCUT2D eigenvalue weighted by Gasteiger charge is -2.09. The van der Waals surface area contributed by atoms with Crippen LogP contribution >= 0.6 is 11.8 Å². The van der Waals surface area contributed by atoms with E-state index in [1.807, 2.05) is 18.4 Å². The lowest BCUT2D eigenvalue weighted by Crippen LogP contribution is -2.38. The Bertz CT molecular complexity index is 403. The molecule has 17 heavy (non-hydrogen) atoms. The van der Waals surface area contributed by atoms with Crippen molar-refractivity contribution in [2.75, 3.05) is 6.26 Å². The number of carbonyl (C=O) groups excluding carboxylic acids is 1. The van der Waals surface area contributed by atoms with Gasteiger partial charge in [-0.3, -0.25) is 9.59 Å². The minimum atomic E-state index is -1.04. The Hall–Kier alpha value is -1.49. The Morgan fingerprint density at radius 3 is 2.41 bits per heavy atom. The molecule has 0 aliphatic heterocycles. The molecule has 1 amide bonds. The summed E-state index contributed by atoms with van der Waals surface area (Å²) in [6.07, 6.45) is 2.01. The van der Waals surface area contributed by atoms with E-state index >= 15 is 0 Å². The maximum Gasteiger partial charge on any atom is 0.325 e. The molecule has 1 rings (SSSR count). The van der Waals surface area contributed by atoms with Crippen molar-refractivity contribution in [1.29, 1.82) is 0 Å². The summed E-state index contributed by atoms with van der Waals surface area (Å²) < 4.78 is 0. The standard InChI is InChI=1S/C12H15NO3S/c1-8(12(15)16)13-11(14)10-5-3-9(4-6-10)7-17-2/h3-6,8H,7H2,1-2H3,(H,13,14)(H,15,16)/t8-/m0/s1. The maximum atomic E-state index is 11.6. The van der Waals surface area contributed by atoms with E-state index in [4.69, 9.17) is 5.11 Å². The Balaban J connectivity index is 2.66. The molecule has 0 fully saturated rings. The summed E-state index contributed by atoms with van der Waals surface area (Å²) in [6, 6.07) is 6.27. The second-order valence-corrected chi connectivity index (χ2v) is 4.53. The predicted octanol–water partition coefficient (Wildman–Crippen LogP) is 1.75. The van der Waals surface area contributed by atoms with Crippen molar-refractivity contribution in [2.45, 2.75) is 18.7 Å². The summed E-state index contributed by atoms with van der Waals surface area (Å²) in [7, 11) is 0. The zero-order valence-electron chi connectivity index (χ0n) is 9.77. The summed E-state index contributed by atoms with van der Waals surface area (Å²) in [5.74, 6) is -0.513. The van der Waals surface area contributed by atoms with Gasteiger partial charge in [0.05, 0.1) is 0 Å². The molecule has 4 nitrogen and oxygen atoms in total. The van der Waals surface area contributed by atoms with Crippen LogP contribution in [0.1, 0.15) is 22.8 Å². The van der Waals surface area contributed by atoms with Crippen LogP contribution in [0, 0.1) is 0 Å². The van der Waals surface area contributed by atoms with Crippen molar-refractivity contribution in [1.82, 2.24) is 5.32 Å². The van der Waals surface area contributed by atoms with Crippen LogP contribution in [0.25, 0.3) is 0 Å². The number of nitrogens with one attached hydrogen (secondary N) is 1. The first kappa shape index (κ1) is 13.6. The quantitative estimate of drug-likeness (QED) is 0.839. The molecule has 92 valence electrons. The summed E-state index contributed by atoms with van der Waals surface area (Å²) in [6.45, 7) is 1.43. The van der Waals surface area contributed by atoms with Gasteiger partial charge in [0.1, 0.15) is 6.04 Å². The SMILES string of the molecule is CSCc1ccc(C(=O)N[C@@H](C)C(=O)O)cc1. The molecular formula is C12H15NO3S. The molecule has 0 saturated carbocycles. The van der Waals surface area contributed by atoms with E-state index in [1.54, 1.807) is 23.9 Å². The highest BCUT2D eigenvalue weighted by atomic mass is 32.2. The van der Waals surface area contributed by atoms with Gasteiger partial charge in [-0.15, -0.1) is 0 Å². The van der Waals surface area contributed by atoms with Crippen LogP contribution in [0.5, 0.6) is 0 Å². The first-order valence-electron chi connectivity index (χ1n) is 5.16. The zero-order chi connectivity index (χ0) is 12.8. The molecule has 5 heteroatoms. The molecule has 0 saturated heterocycles. The fraction of sp³-hybridized carbons (Fsp3) is 0.333. The second-order valence-electron chi connectivity index (χ2n) is 3.66. The summed E-state index contributed by atoms with van der Waals surface area (Å²) >= 11 is 1.71.